The van der Waals surface area contributed by atoms with Gasteiger partial charge in [-0.05, 0) is 48.4 Å². The van der Waals surface area contributed by atoms with E-state index < -0.39 is 11.9 Å². The number of ether oxygens (including phenoxy) is 1. The molecule has 2 aromatic carbocycles. The molecule has 5 rings (SSSR count). The van der Waals surface area contributed by atoms with Crippen molar-refractivity contribution in [1.82, 2.24) is 24.8 Å². The first kappa shape index (κ1) is 25.2. The second-order valence-corrected chi connectivity index (χ2v) is 8.35. The van der Waals surface area contributed by atoms with Gasteiger partial charge in [0.05, 0.1) is 24.4 Å². The maximum Gasteiger partial charge on any atom is 0.335 e. The largest absolute Gasteiger partial charge is 0.468 e. The van der Waals surface area contributed by atoms with Gasteiger partial charge in [-0.2, -0.15) is 0 Å². The maximum absolute atomic E-state index is 13.7. The van der Waals surface area contributed by atoms with Crippen molar-refractivity contribution in [2.24, 2.45) is 0 Å². The summed E-state index contributed by atoms with van der Waals surface area (Å²) in [5, 5.41) is 5.78. The van der Waals surface area contributed by atoms with Crippen LogP contribution in [0.5, 0.6) is 0 Å². The fraction of sp³-hybridized carbons (Fsp3) is 0.231. The highest BCUT2D eigenvalue weighted by Gasteiger charge is 2.26. The van der Waals surface area contributed by atoms with Gasteiger partial charge in [0.15, 0.2) is 5.65 Å². The van der Waals surface area contributed by atoms with Crippen LogP contribution in [0.15, 0.2) is 71.5 Å². The first-order chi connectivity index (χ1) is 17.1. The van der Waals surface area contributed by atoms with E-state index in [1.807, 2.05) is 54.6 Å². The molecule has 186 valence electrons. The molecule has 0 aliphatic carbocycles. The third-order valence-electron chi connectivity index (χ3n) is 6.21. The Morgan fingerprint density at radius 1 is 1.06 bits per heavy atom. The highest BCUT2D eigenvalue weighted by Crippen LogP contribution is 2.25. The van der Waals surface area contributed by atoms with E-state index in [1.54, 1.807) is 21.3 Å². The summed E-state index contributed by atoms with van der Waals surface area (Å²) in [5.74, 6) is -1.07. The molecule has 1 fully saturated rings. The SMILES string of the molecule is COC(=O)CNC(=O)c1ccc2c(n1)n([C@H]1CCNC1)c(=O)n2-c1ccc(-c2ccccc2)cc1.Cl. The highest BCUT2D eigenvalue weighted by molar-refractivity contribution is 5.96. The van der Waals surface area contributed by atoms with Gasteiger partial charge in [-0.3, -0.25) is 18.7 Å². The molecule has 1 atom stereocenters. The van der Waals surface area contributed by atoms with Crippen LogP contribution in [-0.4, -0.2) is 52.7 Å². The summed E-state index contributed by atoms with van der Waals surface area (Å²) in [5.41, 5.74) is 3.82. The van der Waals surface area contributed by atoms with Gasteiger partial charge in [-0.1, -0.05) is 42.5 Å². The minimum Gasteiger partial charge on any atom is -0.468 e. The number of halogens is 1. The molecule has 36 heavy (non-hydrogen) atoms. The fourth-order valence-corrected chi connectivity index (χ4v) is 4.41. The number of aromatic nitrogens is 3. The average Bonchev–Trinajstić information content (AvgIpc) is 3.52. The molecule has 1 amide bonds. The third kappa shape index (κ3) is 4.75. The monoisotopic (exact) mass is 507 g/mol. The van der Waals surface area contributed by atoms with E-state index >= 15 is 0 Å². The van der Waals surface area contributed by atoms with Crippen molar-refractivity contribution in [1.29, 1.82) is 0 Å². The molecular formula is C26H26ClN5O4. The van der Waals surface area contributed by atoms with Crippen LogP contribution in [0.1, 0.15) is 23.0 Å². The van der Waals surface area contributed by atoms with Crippen molar-refractivity contribution < 1.29 is 14.3 Å². The molecular weight excluding hydrogens is 482 g/mol. The van der Waals surface area contributed by atoms with E-state index in [0.717, 1.165) is 24.1 Å². The zero-order valence-electron chi connectivity index (χ0n) is 19.6. The van der Waals surface area contributed by atoms with E-state index in [2.05, 4.69) is 20.4 Å². The quantitative estimate of drug-likeness (QED) is 0.389. The summed E-state index contributed by atoms with van der Waals surface area (Å²) in [4.78, 5) is 42.2. The lowest BCUT2D eigenvalue weighted by molar-refractivity contribution is -0.139. The van der Waals surface area contributed by atoms with E-state index in [4.69, 9.17) is 0 Å². The number of esters is 1. The fourth-order valence-electron chi connectivity index (χ4n) is 4.41. The number of nitrogens with zero attached hydrogens (tertiary/aromatic N) is 3. The molecule has 0 saturated carbocycles. The Labute approximate surface area is 213 Å². The molecule has 0 radical (unpaired) electrons. The summed E-state index contributed by atoms with van der Waals surface area (Å²) in [6, 6.07) is 21.0. The van der Waals surface area contributed by atoms with E-state index in [-0.39, 0.29) is 36.4 Å². The standard InChI is InChI=1S/C26H25N5O4.ClH/c1-35-23(32)16-28-25(33)21-11-12-22-24(29-21)31(20-13-14-27-15-20)26(34)30(22)19-9-7-18(8-10-19)17-5-3-2-4-6-17;/h2-12,20,27H,13-16H2,1H3,(H,28,33);1H/t20-;/m0./s1. The Kier molecular flexibility index (Phi) is 7.52. The summed E-state index contributed by atoms with van der Waals surface area (Å²) < 4.78 is 7.86. The topological polar surface area (TPSA) is 107 Å². The number of nitrogens with one attached hydrogen (secondary N) is 2. The van der Waals surface area contributed by atoms with Crippen molar-refractivity contribution in [2.75, 3.05) is 26.7 Å². The van der Waals surface area contributed by atoms with Crippen molar-refractivity contribution in [3.63, 3.8) is 0 Å². The molecule has 1 aliphatic heterocycles. The lowest BCUT2D eigenvalue weighted by Crippen LogP contribution is -2.31. The molecule has 2 N–H and O–H groups in total. The van der Waals surface area contributed by atoms with Crippen molar-refractivity contribution in [3.8, 4) is 16.8 Å². The molecule has 0 unspecified atom stereocenters. The lowest BCUT2D eigenvalue weighted by Gasteiger charge is -2.10. The molecule has 3 heterocycles. The van der Waals surface area contributed by atoms with Crippen LogP contribution in [0.3, 0.4) is 0 Å². The third-order valence-corrected chi connectivity index (χ3v) is 6.21. The second kappa shape index (κ2) is 10.8. The zero-order chi connectivity index (χ0) is 24.4. The van der Waals surface area contributed by atoms with Crippen LogP contribution in [0, 0.1) is 0 Å². The van der Waals surface area contributed by atoms with Gasteiger partial charge in [0.1, 0.15) is 12.2 Å². The number of pyridine rings is 1. The summed E-state index contributed by atoms with van der Waals surface area (Å²) >= 11 is 0. The van der Waals surface area contributed by atoms with Crippen molar-refractivity contribution in [2.45, 2.75) is 12.5 Å². The molecule has 2 aromatic heterocycles. The molecule has 0 spiro atoms. The molecule has 1 saturated heterocycles. The Bertz CT molecular complexity index is 1440. The van der Waals surface area contributed by atoms with E-state index in [9.17, 15) is 14.4 Å². The minimum absolute atomic E-state index is 0. The number of methoxy groups -OCH3 is 1. The smallest absolute Gasteiger partial charge is 0.335 e. The number of hydrogen-bond donors (Lipinski definition) is 2. The Balaban J connectivity index is 0.00000304. The minimum atomic E-state index is -0.557. The van der Waals surface area contributed by atoms with Gasteiger partial charge in [0, 0.05) is 6.54 Å². The van der Waals surface area contributed by atoms with Gasteiger partial charge < -0.3 is 15.4 Å². The Morgan fingerprint density at radius 3 is 2.44 bits per heavy atom. The molecule has 1 aliphatic rings. The van der Waals surface area contributed by atoms with Gasteiger partial charge in [-0.25, -0.2) is 9.78 Å². The van der Waals surface area contributed by atoms with Crippen LogP contribution in [0.4, 0.5) is 0 Å². The van der Waals surface area contributed by atoms with Crippen LogP contribution < -0.4 is 16.3 Å². The van der Waals surface area contributed by atoms with Crippen LogP contribution in [0.25, 0.3) is 28.0 Å². The maximum atomic E-state index is 13.7. The predicted octanol–water partition coefficient (Wildman–Crippen LogP) is 2.71. The average molecular weight is 508 g/mol. The van der Waals surface area contributed by atoms with E-state index in [1.165, 1.54) is 7.11 Å². The summed E-state index contributed by atoms with van der Waals surface area (Å²) in [6.45, 7) is 1.18. The van der Waals surface area contributed by atoms with Gasteiger partial charge >= 0.3 is 11.7 Å². The number of amides is 1. The van der Waals surface area contributed by atoms with Gasteiger partial charge in [-0.15, -0.1) is 12.4 Å². The normalized spacial score (nSPS) is 14.9. The van der Waals surface area contributed by atoms with Crippen molar-refractivity contribution in [3.05, 3.63) is 82.9 Å². The molecule has 10 heteroatoms. The van der Waals surface area contributed by atoms with Crippen LogP contribution in [0.2, 0.25) is 0 Å². The van der Waals surface area contributed by atoms with Crippen molar-refractivity contribution >= 4 is 35.4 Å². The summed E-state index contributed by atoms with van der Waals surface area (Å²) in [7, 11) is 1.25. The zero-order valence-corrected chi connectivity index (χ0v) is 20.5. The molecule has 9 nitrogen and oxygen atoms in total. The first-order valence-electron chi connectivity index (χ1n) is 11.4. The Morgan fingerprint density at radius 2 is 1.78 bits per heavy atom. The number of carbonyl (C=O) groups is 2. The number of hydrogen-bond acceptors (Lipinski definition) is 6. The summed E-state index contributed by atoms with van der Waals surface area (Å²) in [6.07, 6.45) is 0.784. The highest BCUT2D eigenvalue weighted by atomic mass is 35.5. The Hall–Kier alpha value is -3.95. The van der Waals surface area contributed by atoms with Crippen LogP contribution in [-0.2, 0) is 9.53 Å². The number of fused-ring (bicyclic) bond motifs is 1. The molecule has 0 bridgehead atoms. The van der Waals surface area contributed by atoms with Gasteiger partial charge in [0.2, 0.25) is 0 Å². The second-order valence-electron chi connectivity index (χ2n) is 8.35. The number of benzene rings is 2. The van der Waals surface area contributed by atoms with Crippen LogP contribution >= 0.6 is 12.4 Å². The van der Waals surface area contributed by atoms with E-state index in [0.29, 0.717) is 23.4 Å². The lowest BCUT2D eigenvalue weighted by atomic mass is 10.1. The van der Waals surface area contributed by atoms with Gasteiger partial charge in [0.25, 0.3) is 5.91 Å². The predicted molar refractivity (Wildman–Crippen MR) is 139 cm³/mol. The molecule has 4 aromatic rings. The first-order valence-corrected chi connectivity index (χ1v) is 11.4. The number of carbonyl (C=O) groups excluding carboxylic acids is 2. The number of imidazole rings is 1. The number of rotatable bonds is 6.